The fourth-order valence-electron chi connectivity index (χ4n) is 1.88. The van der Waals surface area contributed by atoms with Crippen molar-refractivity contribution in [3.63, 3.8) is 0 Å². The molecule has 0 aliphatic heterocycles. The smallest absolute Gasteiger partial charge is 0.244 e. The number of nitrogens with one attached hydrogen (secondary N) is 1. The van der Waals surface area contributed by atoms with E-state index in [2.05, 4.69) is 5.32 Å². The van der Waals surface area contributed by atoms with Crippen LogP contribution in [-0.2, 0) is 4.79 Å². The van der Waals surface area contributed by atoms with Crippen molar-refractivity contribution >= 4 is 11.6 Å². The zero-order valence-corrected chi connectivity index (χ0v) is 10.6. The van der Waals surface area contributed by atoms with Crippen molar-refractivity contribution in [2.75, 3.05) is 5.32 Å². The van der Waals surface area contributed by atoms with Crippen molar-refractivity contribution in [3.8, 4) is 0 Å². The van der Waals surface area contributed by atoms with Crippen LogP contribution < -0.4 is 11.1 Å². The van der Waals surface area contributed by atoms with Gasteiger partial charge in [-0.15, -0.1) is 0 Å². The molecule has 1 amide bonds. The Balaban J connectivity index is 2.26. The SMILES string of the molecule is Cc1cccc(NC(C(N)=O)c2ccc(F)cc2)c1. The third-order valence-corrected chi connectivity index (χ3v) is 2.82. The van der Waals surface area contributed by atoms with E-state index in [0.717, 1.165) is 11.3 Å². The molecule has 0 saturated heterocycles. The van der Waals surface area contributed by atoms with Crippen molar-refractivity contribution in [2.45, 2.75) is 13.0 Å². The Kier molecular flexibility index (Phi) is 3.80. The molecule has 0 heterocycles. The topological polar surface area (TPSA) is 55.1 Å². The fraction of sp³-hybridized carbons (Fsp3) is 0.133. The van der Waals surface area contributed by atoms with Crippen molar-refractivity contribution in [1.29, 1.82) is 0 Å². The van der Waals surface area contributed by atoms with Gasteiger partial charge in [-0.2, -0.15) is 0 Å². The Labute approximate surface area is 111 Å². The van der Waals surface area contributed by atoms with E-state index < -0.39 is 11.9 Å². The molecule has 3 N–H and O–H groups in total. The highest BCUT2D eigenvalue weighted by atomic mass is 19.1. The van der Waals surface area contributed by atoms with Gasteiger partial charge in [0.25, 0.3) is 0 Å². The Bertz CT molecular complexity index is 581. The van der Waals surface area contributed by atoms with Gasteiger partial charge in [0, 0.05) is 5.69 Å². The Morgan fingerprint density at radius 3 is 2.47 bits per heavy atom. The number of hydrogen-bond acceptors (Lipinski definition) is 2. The zero-order chi connectivity index (χ0) is 13.8. The van der Waals surface area contributed by atoms with Gasteiger partial charge in [-0.3, -0.25) is 4.79 Å². The summed E-state index contributed by atoms with van der Waals surface area (Å²) in [5, 5.41) is 3.06. The monoisotopic (exact) mass is 258 g/mol. The summed E-state index contributed by atoms with van der Waals surface area (Å²) in [7, 11) is 0. The molecule has 0 aliphatic carbocycles. The van der Waals surface area contributed by atoms with E-state index >= 15 is 0 Å². The largest absolute Gasteiger partial charge is 0.370 e. The van der Waals surface area contributed by atoms with E-state index in [9.17, 15) is 9.18 Å². The molecule has 98 valence electrons. The summed E-state index contributed by atoms with van der Waals surface area (Å²) < 4.78 is 12.9. The van der Waals surface area contributed by atoms with Crippen molar-refractivity contribution < 1.29 is 9.18 Å². The molecule has 0 spiro atoms. The molecule has 19 heavy (non-hydrogen) atoms. The molecule has 0 bridgehead atoms. The van der Waals surface area contributed by atoms with Gasteiger partial charge < -0.3 is 11.1 Å². The second kappa shape index (κ2) is 5.52. The van der Waals surface area contributed by atoms with Gasteiger partial charge in [-0.1, -0.05) is 24.3 Å². The Morgan fingerprint density at radius 1 is 1.21 bits per heavy atom. The zero-order valence-electron chi connectivity index (χ0n) is 10.6. The number of amides is 1. The van der Waals surface area contributed by atoms with Crippen LogP contribution >= 0.6 is 0 Å². The minimum absolute atomic E-state index is 0.345. The molecule has 0 radical (unpaired) electrons. The van der Waals surface area contributed by atoms with Gasteiger partial charge in [-0.25, -0.2) is 4.39 Å². The first kappa shape index (κ1) is 13.1. The number of rotatable bonds is 4. The molecule has 0 fully saturated rings. The second-order valence-electron chi connectivity index (χ2n) is 4.40. The molecule has 2 rings (SSSR count). The number of carbonyl (C=O) groups is 1. The minimum Gasteiger partial charge on any atom is -0.370 e. The van der Waals surface area contributed by atoms with Crippen LogP contribution in [0, 0.1) is 12.7 Å². The number of aryl methyl sites for hydroxylation is 1. The van der Waals surface area contributed by atoms with Crippen LogP contribution in [0.4, 0.5) is 10.1 Å². The highest BCUT2D eigenvalue weighted by Crippen LogP contribution is 2.20. The lowest BCUT2D eigenvalue weighted by atomic mass is 10.1. The summed E-state index contributed by atoms with van der Waals surface area (Å²) in [5.74, 6) is -0.851. The number of benzene rings is 2. The average molecular weight is 258 g/mol. The molecule has 0 aromatic heterocycles. The van der Waals surface area contributed by atoms with E-state index in [1.807, 2.05) is 31.2 Å². The number of halogens is 1. The molecule has 1 atom stereocenters. The van der Waals surface area contributed by atoms with Gasteiger partial charge >= 0.3 is 0 Å². The summed E-state index contributed by atoms with van der Waals surface area (Å²) >= 11 is 0. The van der Waals surface area contributed by atoms with Gasteiger partial charge in [0.05, 0.1) is 0 Å². The number of nitrogens with two attached hydrogens (primary N) is 1. The molecule has 0 saturated carbocycles. The predicted octanol–water partition coefficient (Wildman–Crippen LogP) is 2.77. The molecule has 0 aliphatic rings. The van der Waals surface area contributed by atoms with Crippen LogP contribution in [0.25, 0.3) is 0 Å². The normalized spacial score (nSPS) is 11.9. The van der Waals surface area contributed by atoms with E-state index in [1.165, 1.54) is 12.1 Å². The molecule has 3 nitrogen and oxygen atoms in total. The highest BCUT2D eigenvalue weighted by molar-refractivity contribution is 5.84. The van der Waals surface area contributed by atoms with Crippen molar-refractivity contribution in [2.24, 2.45) is 5.73 Å². The molecule has 2 aromatic carbocycles. The van der Waals surface area contributed by atoms with E-state index in [-0.39, 0.29) is 5.82 Å². The van der Waals surface area contributed by atoms with Crippen LogP contribution in [-0.4, -0.2) is 5.91 Å². The van der Waals surface area contributed by atoms with E-state index in [4.69, 9.17) is 5.73 Å². The second-order valence-corrected chi connectivity index (χ2v) is 4.40. The third kappa shape index (κ3) is 3.31. The molecule has 4 heteroatoms. The maximum Gasteiger partial charge on any atom is 0.244 e. The molecule has 2 aromatic rings. The molecular formula is C15H15FN2O. The number of carbonyl (C=O) groups excluding carboxylic acids is 1. The molecule has 1 unspecified atom stereocenters. The first-order valence-corrected chi connectivity index (χ1v) is 5.94. The third-order valence-electron chi connectivity index (χ3n) is 2.82. The van der Waals surface area contributed by atoms with Crippen LogP contribution in [0.15, 0.2) is 48.5 Å². The average Bonchev–Trinajstić information content (AvgIpc) is 2.37. The van der Waals surface area contributed by atoms with Gasteiger partial charge in [0.15, 0.2) is 0 Å². The lowest BCUT2D eigenvalue weighted by Gasteiger charge is -2.17. The quantitative estimate of drug-likeness (QED) is 0.886. The maximum absolute atomic E-state index is 12.9. The van der Waals surface area contributed by atoms with Gasteiger partial charge in [0.2, 0.25) is 5.91 Å². The lowest BCUT2D eigenvalue weighted by molar-refractivity contribution is -0.118. The van der Waals surface area contributed by atoms with Crippen LogP contribution in [0.2, 0.25) is 0 Å². The summed E-state index contributed by atoms with van der Waals surface area (Å²) in [6.07, 6.45) is 0. The number of primary amides is 1. The van der Waals surface area contributed by atoms with Crippen molar-refractivity contribution in [1.82, 2.24) is 0 Å². The minimum atomic E-state index is -0.678. The van der Waals surface area contributed by atoms with E-state index in [1.54, 1.807) is 12.1 Å². The maximum atomic E-state index is 12.9. The van der Waals surface area contributed by atoms with Gasteiger partial charge in [0.1, 0.15) is 11.9 Å². The standard InChI is InChI=1S/C15H15FN2O/c1-10-3-2-4-13(9-10)18-14(15(17)19)11-5-7-12(16)8-6-11/h2-9,14,18H,1H3,(H2,17,19). The van der Waals surface area contributed by atoms with E-state index in [0.29, 0.717) is 5.56 Å². The predicted molar refractivity (Wildman–Crippen MR) is 73.1 cm³/mol. The van der Waals surface area contributed by atoms with Crippen LogP contribution in [0.1, 0.15) is 17.2 Å². The summed E-state index contributed by atoms with van der Waals surface area (Å²) in [6, 6.07) is 12.7. The molecular weight excluding hydrogens is 243 g/mol. The first-order chi connectivity index (χ1) is 9.06. The number of anilines is 1. The summed E-state index contributed by atoms with van der Waals surface area (Å²) in [5.41, 5.74) is 7.91. The Morgan fingerprint density at radius 2 is 1.89 bits per heavy atom. The van der Waals surface area contributed by atoms with Gasteiger partial charge in [-0.05, 0) is 42.3 Å². The Hall–Kier alpha value is -2.36. The fourth-order valence-corrected chi connectivity index (χ4v) is 1.88. The first-order valence-electron chi connectivity index (χ1n) is 5.94. The lowest BCUT2D eigenvalue weighted by Crippen LogP contribution is -2.27. The van der Waals surface area contributed by atoms with Crippen molar-refractivity contribution in [3.05, 3.63) is 65.5 Å². The van der Waals surface area contributed by atoms with Crippen LogP contribution in [0.3, 0.4) is 0 Å². The summed E-state index contributed by atoms with van der Waals surface area (Å²) in [6.45, 7) is 1.96. The van der Waals surface area contributed by atoms with Crippen LogP contribution in [0.5, 0.6) is 0 Å². The number of hydrogen-bond donors (Lipinski definition) is 2. The highest BCUT2D eigenvalue weighted by Gasteiger charge is 2.17. The summed E-state index contributed by atoms with van der Waals surface area (Å²) in [4.78, 5) is 11.5.